The summed E-state index contributed by atoms with van der Waals surface area (Å²) in [5.74, 6) is 0.419. The maximum absolute atomic E-state index is 6.15. The van der Waals surface area contributed by atoms with E-state index < -0.39 is 0 Å². The van der Waals surface area contributed by atoms with Crippen molar-refractivity contribution in [3.63, 3.8) is 0 Å². The average molecular weight is 333 g/mol. The molecule has 2 nitrogen and oxygen atoms in total. The summed E-state index contributed by atoms with van der Waals surface area (Å²) >= 11 is 11.6. The summed E-state index contributed by atoms with van der Waals surface area (Å²) in [4.78, 5) is 0. The van der Waals surface area contributed by atoms with Crippen molar-refractivity contribution in [2.45, 2.75) is 26.8 Å². The van der Waals surface area contributed by atoms with E-state index >= 15 is 0 Å². The minimum atomic E-state index is 0.167. The first-order valence-corrected chi connectivity index (χ1v) is 8.15. The van der Waals surface area contributed by atoms with Crippen molar-refractivity contribution in [1.29, 1.82) is 0 Å². The van der Waals surface area contributed by atoms with Crippen LogP contribution in [-0.4, -0.2) is 5.11 Å². The van der Waals surface area contributed by atoms with Crippen molar-refractivity contribution in [1.82, 2.24) is 5.32 Å². The van der Waals surface area contributed by atoms with Crippen molar-refractivity contribution in [3.8, 4) is 0 Å². The molecule has 0 spiro atoms. The van der Waals surface area contributed by atoms with Gasteiger partial charge in [0.2, 0.25) is 0 Å². The summed E-state index contributed by atoms with van der Waals surface area (Å²) in [6, 6.07) is 16.3. The molecule has 0 bridgehead atoms. The van der Waals surface area contributed by atoms with Gasteiger partial charge in [-0.3, -0.25) is 0 Å². The monoisotopic (exact) mass is 332 g/mol. The highest BCUT2D eigenvalue weighted by Crippen LogP contribution is 2.24. The Bertz CT molecular complexity index is 641. The molecule has 0 aliphatic rings. The molecule has 2 rings (SSSR count). The van der Waals surface area contributed by atoms with E-state index in [9.17, 15) is 0 Å². The first-order valence-electron chi connectivity index (χ1n) is 7.36. The minimum Gasteiger partial charge on any atom is -0.355 e. The summed E-state index contributed by atoms with van der Waals surface area (Å²) in [5, 5.41) is 7.98. The Balaban J connectivity index is 2.11. The van der Waals surface area contributed by atoms with Crippen LogP contribution in [0, 0.1) is 12.8 Å². The van der Waals surface area contributed by atoms with E-state index in [2.05, 4.69) is 36.6 Å². The van der Waals surface area contributed by atoms with Crippen molar-refractivity contribution in [2.24, 2.45) is 5.92 Å². The summed E-state index contributed by atoms with van der Waals surface area (Å²) < 4.78 is 0. The Morgan fingerprint density at radius 2 is 1.73 bits per heavy atom. The predicted molar refractivity (Wildman–Crippen MR) is 99.6 cm³/mol. The molecule has 1 atom stereocenters. The highest BCUT2D eigenvalue weighted by Gasteiger charge is 2.16. The second kappa shape index (κ2) is 7.61. The number of hydrogen-bond acceptors (Lipinski definition) is 1. The first kappa shape index (κ1) is 16.8. The molecule has 0 aliphatic heterocycles. The average Bonchev–Trinajstić information content (AvgIpc) is 2.50. The van der Waals surface area contributed by atoms with Crippen LogP contribution in [0.2, 0.25) is 5.02 Å². The molecule has 0 saturated heterocycles. The van der Waals surface area contributed by atoms with Crippen LogP contribution in [0.4, 0.5) is 5.69 Å². The number of halogens is 1. The Hall–Kier alpha value is -1.58. The van der Waals surface area contributed by atoms with Gasteiger partial charge in [-0.25, -0.2) is 0 Å². The van der Waals surface area contributed by atoms with E-state index in [0.717, 1.165) is 16.3 Å². The van der Waals surface area contributed by atoms with E-state index in [1.54, 1.807) is 0 Å². The van der Waals surface area contributed by atoms with Crippen LogP contribution in [0.15, 0.2) is 48.5 Å². The molecule has 2 N–H and O–H groups in total. The number of thiocarbonyl (C=S) groups is 1. The number of hydrogen-bond donors (Lipinski definition) is 2. The zero-order valence-corrected chi connectivity index (χ0v) is 14.6. The number of rotatable bonds is 4. The largest absolute Gasteiger partial charge is 0.355 e. The highest BCUT2D eigenvalue weighted by atomic mass is 35.5. The fourth-order valence-electron chi connectivity index (χ4n) is 2.34. The van der Waals surface area contributed by atoms with Gasteiger partial charge in [0.25, 0.3) is 0 Å². The summed E-state index contributed by atoms with van der Waals surface area (Å²) in [6.07, 6.45) is 0. The SMILES string of the molecule is Cc1c(Cl)cccc1NC(=S)N[C@H](c1ccccc1)C(C)C. The molecule has 22 heavy (non-hydrogen) atoms. The standard InChI is InChI=1S/C18H21ClN2S/c1-12(2)17(14-8-5-4-6-9-14)21-18(22)20-16-11-7-10-15(19)13(16)3/h4-12,17H,1-3H3,(H2,20,21,22)/t17-/m0/s1. The Morgan fingerprint density at radius 1 is 1.05 bits per heavy atom. The summed E-state index contributed by atoms with van der Waals surface area (Å²) in [7, 11) is 0. The smallest absolute Gasteiger partial charge is 0.171 e. The molecule has 116 valence electrons. The van der Waals surface area contributed by atoms with Gasteiger partial charge < -0.3 is 10.6 Å². The zero-order valence-electron chi connectivity index (χ0n) is 13.1. The summed E-state index contributed by atoms with van der Waals surface area (Å²) in [5.41, 5.74) is 3.15. The number of anilines is 1. The fourth-order valence-corrected chi connectivity index (χ4v) is 2.75. The van der Waals surface area contributed by atoms with Gasteiger partial charge in [-0.15, -0.1) is 0 Å². The van der Waals surface area contributed by atoms with Crippen LogP contribution in [0.5, 0.6) is 0 Å². The van der Waals surface area contributed by atoms with Crippen LogP contribution in [0.25, 0.3) is 0 Å². The van der Waals surface area contributed by atoms with Crippen LogP contribution < -0.4 is 10.6 Å². The number of benzene rings is 2. The zero-order chi connectivity index (χ0) is 16.1. The fraction of sp³-hybridized carbons (Fsp3) is 0.278. The van der Waals surface area contributed by atoms with Gasteiger partial charge in [0, 0.05) is 10.7 Å². The molecule has 0 saturated carbocycles. The van der Waals surface area contributed by atoms with Gasteiger partial charge in [-0.05, 0) is 48.3 Å². The van der Waals surface area contributed by atoms with Crippen LogP contribution in [-0.2, 0) is 0 Å². The molecule has 2 aromatic rings. The van der Waals surface area contributed by atoms with Crippen molar-refractivity contribution >= 4 is 34.6 Å². The van der Waals surface area contributed by atoms with E-state index in [0.29, 0.717) is 11.0 Å². The summed E-state index contributed by atoms with van der Waals surface area (Å²) in [6.45, 7) is 6.33. The molecule has 0 aromatic heterocycles. The highest BCUT2D eigenvalue weighted by molar-refractivity contribution is 7.80. The van der Waals surface area contributed by atoms with Gasteiger partial charge in [-0.2, -0.15) is 0 Å². The quantitative estimate of drug-likeness (QED) is 0.740. The Labute approximate surface area is 142 Å². The third-order valence-corrected chi connectivity index (χ3v) is 4.26. The predicted octanol–water partition coefficient (Wildman–Crippen LogP) is 5.33. The van der Waals surface area contributed by atoms with Crippen molar-refractivity contribution < 1.29 is 0 Å². The molecular formula is C18H21ClN2S. The maximum atomic E-state index is 6.15. The molecular weight excluding hydrogens is 312 g/mol. The second-order valence-corrected chi connectivity index (χ2v) is 6.46. The molecule has 0 radical (unpaired) electrons. The molecule has 2 aromatic carbocycles. The molecule has 4 heteroatoms. The molecule has 0 fully saturated rings. The van der Waals surface area contributed by atoms with E-state index in [-0.39, 0.29) is 6.04 Å². The Morgan fingerprint density at radius 3 is 2.36 bits per heavy atom. The molecule has 0 aliphatic carbocycles. The maximum Gasteiger partial charge on any atom is 0.171 e. The normalized spacial score (nSPS) is 12.0. The third kappa shape index (κ3) is 4.21. The van der Waals surface area contributed by atoms with Gasteiger partial charge in [-0.1, -0.05) is 61.8 Å². The minimum absolute atomic E-state index is 0.167. The molecule has 0 heterocycles. The van der Waals surface area contributed by atoms with Crippen LogP contribution in [0.1, 0.15) is 31.0 Å². The lowest BCUT2D eigenvalue weighted by molar-refractivity contribution is 0.473. The van der Waals surface area contributed by atoms with Crippen LogP contribution in [0.3, 0.4) is 0 Å². The lowest BCUT2D eigenvalue weighted by Crippen LogP contribution is -2.35. The topological polar surface area (TPSA) is 24.1 Å². The van der Waals surface area contributed by atoms with E-state index in [4.69, 9.17) is 23.8 Å². The van der Waals surface area contributed by atoms with Gasteiger partial charge in [0.1, 0.15) is 0 Å². The number of nitrogens with one attached hydrogen (secondary N) is 2. The lowest BCUT2D eigenvalue weighted by Gasteiger charge is -2.25. The van der Waals surface area contributed by atoms with Crippen molar-refractivity contribution in [2.75, 3.05) is 5.32 Å². The third-order valence-electron chi connectivity index (χ3n) is 3.63. The van der Waals surface area contributed by atoms with Crippen LogP contribution >= 0.6 is 23.8 Å². The lowest BCUT2D eigenvalue weighted by atomic mass is 9.96. The second-order valence-electron chi connectivity index (χ2n) is 5.64. The Kier molecular flexibility index (Phi) is 5.81. The van der Waals surface area contributed by atoms with Gasteiger partial charge in [0.15, 0.2) is 5.11 Å². The molecule has 0 amide bonds. The molecule has 0 unspecified atom stereocenters. The van der Waals surface area contributed by atoms with Crippen molar-refractivity contribution in [3.05, 3.63) is 64.7 Å². The van der Waals surface area contributed by atoms with Gasteiger partial charge >= 0.3 is 0 Å². The van der Waals surface area contributed by atoms with E-state index in [1.807, 2.05) is 43.3 Å². The van der Waals surface area contributed by atoms with E-state index in [1.165, 1.54) is 5.56 Å². The van der Waals surface area contributed by atoms with Gasteiger partial charge in [0.05, 0.1) is 6.04 Å². The first-order chi connectivity index (χ1) is 10.5.